The lowest BCUT2D eigenvalue weighted by Crippen LogP contribution is -2.37. The SMILES string of the molecule is CCC(C)n1ccc(CN2CCC(OCCN)CC2)n1. The van der Waals surface area contributed by atoms with Crippen LogP contribution in [-0.2, 0) is 11.3 Å². The molecule has 20 heavy (non-hydrogen) atoms. The second kappa shape index (κ2) is 7.76. The van der Waals surface area contributed by atoms with Gasteiger partial charge in [-0.05, 0) is 32.3 Å². The average Bonchev–Trinajstić information content (AvgIpc) is 2.94. The fraction of sp³-hybridized carbons (Fsp3) is 0.800. The summed E-state index contributed by atoms with van der Waals surface area (Å²) in [6.07, 6.45) is 5.82. The first-order valence-corrected chi connectivity index (χ1v) is 7.81. The Hall–Kier alpha value is -0.910. The first-order chi connectivity index (χ1) is 9.72. The van der Waals surface area contributed by atoms with Crippen molar-refractivity contribution in [3.05, 3.63) is 18.0 Å². The number of ether oxygens (including phenoxy) is 1. The molecule has 0 aliphatic carbocycles. The molecule has 0 saturated carbocycles. The average molecular weight is 280 g/mol. The van der Waals surface area contributed by atoms with Gasteiger partial charge < -0.3 is 10.5 Å². The number of hydrogen-bond acceptors (Lipinski definition) is 4. The molecule has 1 aliphatic heterocycles. The Kier molecular flexibility index (Phi) is 6.01. The Balaban J connectivity index is 1.76. The summed E-state index contributed by atoms with van der Waals surface area (Å²) in [6.45, 7) is 8.83. The van der Waals surface area contributed by atoms with Gasteiger partial charge in [0.2, 0.25) is 0 Å². The second-order valence-corrected chi connectivity index (χ2v) is 5.68. The normalized spacial score (nSPS) is 19.4. The molecule has 1 aliphatic rings. The van der Waals surface area contributed by atoms with Crippen LogP contribution >= 0.6 is 0 Å². The van der Waals surface area contributed by atoms with Crippen molar-refractivity contribution in [2.75, 3.05) is 26.2 Å². The third kappa shape index (κ3) is 4.30. The minimum Gasteiger partial charge on any atom is -0.377 e. The summed E-state index contributed by atoms with van der Waals surface area (Å²) in [7, 11) is 0. The molecule has 1 aromatic heterocycles. The van der Waals surface area contributed by atoms with Crippen molar-refractivity contribution < 1.29 is 4.74 Å². The van der Waals surface area contributed by atoms with Crippen LogP contribution in [0.3, 0.4) is 0 Å². The maximum Gasteiger partial charge on any atom is 0.0764 e. The molecular weight excluding hydrogens is 252 g/mol. The minimum absolute atomic E-state index is 0.396. The van der Waals surface area contributed by atoms with Gasteiger partial charge >= 0.3 is 0 Å². The predicted octanol–water partition coefficient (Wildman–Crippen LogP) is 1.79. The van der Waals surface area contributed by atoms with Crippen molar-refractivity contribution >= 4 is 0 Å². The molecule has 0 amide bonds. The largest absolute Gasteiger partial charge is 0.377 e. The minimum atomic E-state index is 0.396. The van der Waals surface area contributed by atoms with E-state index in [2.05, 4.69) is 40.8 Å². The molecular formula is C15H28N4O. The summed E-state index contributed by atoms with van der Waals surface area (Å²) in [4.78, 5) is 2.46. The van der Waals surface area contributed by atoms with Crippen molar-refractivity contribution in [3.8, 4) is 0 Å². The molecule has 1 fully saturated rings. The Morgan fingerprint density at radius 2 is 2.20 bits per heavy atom. The molecule has 2 heterocycles. The highest BCUT2D eigenvalue weighted by Crippen LogP contribution is 2.16. The van der Waals surface area contributed by atoms with Crippen molar-refractivity contribution in [2.45, 2.75) is 51.8 Å². The third-order valence-corrected chi connectivity index (χ3v) is 4.10. The van der Waals surface area contributed by atoms with Crippen LogP contribution < -0.4 is 5.73 Å². The lowest BCUT2D eigenvalue weighted by atomic mass is 10.1. The summed E-state index contributed by atoms with van der Waals surface area (Å²) in [5.41, 5.74) is 6.64. The molecule has 1 atom stereocenters. The number of nitrogens with two attached hydrogens (primary N) is 1. The fourth-order valence-corrected chi connectivity index (χ4v) is 2.59. The molecule has 0 aromatic carbocycles. The summed E-state index contributed by atoms with van der Waals surface area (Å²) >= 11 is 0. The highest BCUT2D eigenvalue weighted by atomic mass is 16.5. The first kappa shape index (κ1) is 15.5. The standard InChI is InChI=1S/C15H28N4O/c1-3-13(2)19-10-4-14(17-19)12-18-8-5-15(6-9-18)20-11-7-16/h4,10,13,15H,3,5-9,11-12,16H2,1-2H3. The monoisotopic (exact) mass is 280 g/mol. The van der Waals surface area contributed by atoms with Gasteiger partial charge in [-0.25, -0.2) is 0 Å². The zero-order valence-corrected chi connectivity index (χ0v) is 12.8. The lowest BCUT2D eigenvalue weighted by molar-refractivity contribution is 0.00950. The van der Waals surface area contributed by atoms with Gasteiger partial charge in [0.15, 0.2) is 0 Å². The Labute approximate surface area is 122 Å². The molecule has 114 valence electrons. The summed E-state index contributed by atoms with van der Waals surface area (Å²) < 4.78 is 7.79. The van der Waals surface area contributed by atoms with Crippen molar-refractivity contribution in [1.82, 2.24) is 14.7 Å². The van der Waals surface area contributed by atoms with Crippen LogP contribution in [0.5, 0.6) is 0 Å². The van der Waals surface area contributed by atoms with Gasteiger partial charge in [0.1, 0.15) is 0 Å². The van der Waals surface area contributed by atoms with E-state index in [1.807, 2.05) is 0 Å². The highest BCUT2D eigenvalue weighted by molar-refractivity contribution is 5.00. The smallest absolute Gasteiger partial charge is 0.0764 e. The van der Waals surface area contributed by atoms with Crippen LogP contribution in [0.15, 0.2) is 12.3 Å². The maximum atomic E-state index is 5.71. The van der Waals surface area contributed by atoms with Gasteiger partial charge in [-0.3, -0.25) is 9.58 Å². The van der Waals surface area contributed by atoms with E-state index in [1.54, 1.807) is 0 Å². The van der Waals surface area contributed by atoms with Gasteiger partial charge in [-0.15, -0.1) is 0 Å². The van der Waals surface area contributed by atoms with Gasteiger partial charge in [0.05, 0.1) is 18.4 Å². The number of nitrogens with zero attached hydrogens (tertiary/aromatic N) is 3. The number of rotatable bonds is 7. The molecule has 5 nitrogen and oxygen atoms in total. The van der Waals surface area contributed by atoms with E-state index in [4.69, 9.17) is 10.5 Å². The molecule has 1 aromatic rings. The van der Waals surface area contributed by atoms with Crippen molar-refractivity contribution in [1.29, 1.82) is 0 Å². The number of likely N-dealkylation sites (tertiary alicyclic amines) is 1. The quantitative estimate of drug-likeness (QED) is 0.827. The van der Waals surface area contributed by atoms with E-state index < -0.39 is 0 Å². The second-order valence-electron chi connectivity index (χ2n) is 5.68. The van der Waals surface area contributed by atoms with Crippen molar-refractivity contribution in [2.24, 2.45) is 5.73 Å². The zero-order chi connectivity index (χ0) is 14.4. The van der Waals surface area contributed by atoms with Gasteiger partial charge in [0.25, 0.3) is 0 Å². The van der Waals surface area contributed by atoms with E-state index in [-0.39, 0.29) is 0 Å². The maximum absolute atomic E-state index is 5.71. The summed E-state index contributed by atoms with van der Waals surface area (Å²) in [6, 6.07) is 2.63. The van der Waals surface area contributed by atoms with E-state index in [0.717, 1.165) is 38.9 Å². The number of piperidine rings is 1. The van der Waals surface area contributed by atoms with Crippen molar-refractivity contribution in [3.63, 3.8) is 0 Å². The molecule has 2 rings (SSSR count). The summed E-state index contributed by atoms with van der Waals surface area (Å²) in [5, 5.41) is 4.67. The van der Waals surface area contributed by atoms with E-state index >= 15 is 0 Å². The number of aromatic nitrogens is 2. The number of hydrogen-bond donors (Lipinski definition) is 1. The van der Waals surface area contributed by atoms with E-state index in [9.17, 15) is 0 Å². The van der Waals surface area contributed by atoms with Gasteiger partial charge in [0, 0.05) is 38.4 Å². The van der Waals surface area contributed by atoms with Crippen LogP contribution in [-0.4, -0.2) is 47.0 Å². The summed E-state index contributed by atoms with van der Waals surface area (Å²) in [5.74, 6) is 0. The lowest BCUT2D eigenvalue weighted by Gasteiger charge is -2.31. The van der Waals surface area contributed by atoms with Gasteiger partial charge in [-0.2, -0.15) is 5.10 Å². The molecule has 1 unspecified atom stereocenters. The molecule has 0 radical (unpaired) electrons. The molecule has 0 spiro atoms. The zero-order valence-electron chi connectivity index (χ0n) is 12.8. The topological polar surface area (TPSA) is 56.3 Å². The highest BCUT2D eigenvalue weighted by Gasteiger charge is 2.20. The first-order valence-electron chi connectivity index (χ1n) is 7.81. The van der Waals surface area contributed by atoms with Crippen LogP contribution in [0.2, 0.25) is 0 Å². The Morgan fingerprint density at radius 3 is 2.85 bits per heavy atom. The van der Waals surface area contributed by atoms with Crippen LogP contribution in [0, 0.1) is 0 Å². The van der Waals surface area contributed by atoms with Crippen LogP contribution in [0.25, 0.3) is 0 Å². The van der Waals surface area contributed by atoms with Crippen LogP contribution in [0.1, 0.15) is 44.8 Å². The molecule has 2 N–H and O–H groups in total. The molecule has 5 heteroatoms. The van der Waals surface area contributed by atoms with E-state index in [0.29, 0.717) is 25.3 Å². The predicted molar refractivity (Wildman–Crippen MR) is 80.5 cm³/mol. The Morgan fingerprint density at radius 1 is 1.45 bits per heavy atom. The van der Waals surface area contributed by atoms with E-state index in [1.165, 1.54) is 5.69 Å². The Bertz CT molecular complexity index is 385. The fourth-order valence-electron chi connectivity index (χ4n) is 2.59. The molecule has 1 saturated heterocycles. The van der Waals surface area contributed by atoms with Gasteiger partial charge in [-0.1, -0.05) is 6.92 Å². The van der Waals surface area contributed by atoms with Crippen LogP contribution in [0.4, 0.5) is 0 Å². The molecule has 0 bridgehead atoms. The third-order valence-electron chi connectivity index (χ3n) is 4.10.